The molecule has 0 saturated heterocycles. The van der Waals surface area contributed by atoms with E-state index in [0.717, 1.165) is 11.9 Å². The number of carbonyl (C=O) groups excluding carboxylic acids is 3. The molecule has 0 aliphatic carbocycles. The molecule has 0 fully saturated rings. The molecule has 1 heterocycles. The summed E-state index contributed by atoms with van der Waals surface area (Å²) in [6.07, 6.45) is -1.26. The van der Waals surface area contributed by atoms with Crippen molar-refractivity contribution in [3.63, 3.8) is 0 Å². The Hall–Kier alpha value is -3.30. The van der Waals surface area contributed by atoms with E-state index in [-0.39, 0.29) is 18.1 Å². The van der Waals surface area contributed by atoms with Crippen LogP contribution >= 0.6 is 0 Å². The van der Waals surface area contributed by atoms with Crippen molar-refractivity contribution in [3.8, 4) is 0 Å². The number of aromatic nitrogens is 2. The molecule has 9 N–H and O–H groups in total. The highest BCUT2D eigenvalue weighted by atomic mass is 16.5. The van der Waals surface area contributed by atoms with Gasteiger partial charge in [0.25, 0.3) is 0 Å². The monoisotopic (exact) mass is 445 g/mol. The number of nitrogens with one attached hydrogen (secondary N) is 2. The van der Waals surface area contributed by atoms with Gasteiger partial charge in [0.15, 0.2) is 11.9 Å². The first-order chi connectivity index (χ1) is 14.5. The Morgan fingerprint density at radius 1 is 1.26 bits per heavy atom. The summed E-state index contributed by atoms with van der Waals surface area (Å²) >= 11 is 0. The van der Waals surface area contributed by atoms with Crippen LogP contribution in [0.3, 0.4) is 0 Å². The van der Waals surface area contributed by atoms with Crippen LogP contribution in [-0.4, -0.2) is 73.0 Å². The van der Waals surface area contributed by atoms with Gasteiger partial charge in [-0.1, -0.05) is 12.1 Å². The molecular weight excluding hydrogens is 418 g/mol. The Bertz CT molecular complexity index is 784. The van der Waals surface area contributed by atoms with Crippen LogP contribution < -0.4 is 22.2 Å². The number of nitrogens with zero attached hydrogens (tertiary/aromatic N) is 3. The summed E-state index contributed by atoms with van der Waals surface area (Å²) in [6, 6.07) is -5.09. The van der Waals surface area contributed by atoms with Gasteiger partial charge in [-0.3, -0.25) is 14.6 Å². The van der Waals surface area contributed by atoms with Crippen molar-refractivity contribution in [1.82, 2.24) is 25.8 Å². The van der Waals surface area contributed by atoms with E-state index in [0.29, 0.717) is 6.42 Å². The SMILES string of the molecule is CCCC(=O)N(N)[C@@H](CO)c1noc([C@H](CC(N)=O)NC(=O)N[C@H](C(=O)O)C(C)O)n1. The van der Waals surface area contributed by atoms with Crippen LogP contribution in [0.25, 0.3) is 0 Å². The fraction of sp³-hybridized carbons (Fsp3) is 0.625. The van der Waals surface area contributed by atoms with Gasteiger partial charge in [0.05, 0.1) is 19.1 Å². The van der Waals surface area contributed by atoms with E-state index in [1.54, 1.807) is 6.92 Å². The molecule has 1 unspecified atom stereocenters. The van der Waals surface area contributed by atoms with E-state index in [4.69, 9.17) is 21.2 Å². The second-order valence-electron chi connectivity index (χ2n) is 6.64. The van der Waals surface area contributed by atoms with Gasteiger partial charge in [0.1, 0.15) is 12.1 Å². The minimum atomic E-state index is -1.62. The second-order valence-corrected chi connectivity index (χ2v) is 6.64. The van der Waals surface area contributed by atoms with E-state index >= 15 is 0 Å². The van der Waals surface area contributed by atoms with Crippen molar-refractivity contribution in [1.29, 1.82) is 0 Å². The molecule has 4 atom stereocenters. The largest absolute Gasteiger partial charge is 0.480 e. The molecule has 0 bridgehead atoms. The fourth-order valence-electron chi connectivity index (χ4n) is 2.47. The number of hydrogen-bond acceptors (Lipinski definition) is 10. The molecule has 1 aromatic heterocycles. The van der Waals surface area contributed by atoms with Gasteiger partial charge < -0.3 is 36.2 Å². The number of carboxylic acid groups (broad SMARTS) is 1. The van der Waals surface area contributed by atoms with E-state index in [9.17, 15) is 29.4 Å². The maximum absolute atomic E-state index is 12.1. The summed E-state index contributed by atoms with van der Waals surface area (Å²) in [5.41, 5.74) is 5.17. The third-order valence-corrected chi connectivity index (χ3v) is 4.06. The number of carboxylic acids is 1. The maximum Gasteiger partial charge on any atom is 0.328 e. The highest BCUT2D eigenvalue weighted by molar-refractivity contribution is 5.83. The number of nitrogens with two attached hydrogens (primary N) is 2. The van der Waals surface area contributed by atoms with Crippen LogP contribution in [-0.2, 0) is 14.4 Å². The van der Waals surface area contributed by atoms with Crippen LogP contribution in [0, 0.1) is 0 Å². The van der Waals surface area contributed by atoms with Crippen LogP contribution in [0.2, 0.25) is 0 Å². The van der Waals surface area contributed by atoms with Crippen molar-refractivity contribution < 1.29 is 39.0 Å². The topological polar surface area (TPSA) is 247 Å². The number of urea groups is 1. The summed E-state index contributed by atoms with van der Waals surface area (Å²) in [7, 11) is 0. The zero-order valence-electron chi connectivity index (χ0n) is 17.0. The predicted molar refractivity (Wildman–Crippen MR) is 101 cm³/mol. The average Bonchev–Trinajstić information content (AvgIpc) is 3.15. The maximum atomic E-state index is 12.1. The van der Waals surface area contributed by atoms with Gasteiger partial charge in [-0.05, 0) is 13.3 Å². The first kappa shape index (κ1) is 25.7. The van der Waals surface area contributed by atoms with E-state index in [1.807, 2.05) is 5.32 Å². The quantitative estimate of drug-likeness (QED) is 0.102. The number of aliphatic hydroxyl groups excluding tert-OH is 2. The van der Waals surface area contributed by atoms with Crippen LogP contribution in [0.15, 0.2) is 4.52 Å². The van der Waals surface area contributed by atoms with Gasteiger partial charge in [0, 0.05) is 6.42 Å². The summed E-state index contributed by atoms with van der Waals surface area (Å²) in [5.74, 6) is 2.41. The summed E-state index contributed by atoms with van der Waals surface area (Å²) < 4.78 is 5.02. The third-order valence-electron chi connectivity index (χ3n) is 4.06. The van der Waals surface area contributed by atoms with Crippen LogP contribution in [0.4, 0.5) is 4.79 Å². The first-order valence-electron chi connectivity index (χ1n) is 9.29. The van der Waals surface area contributed by atoms with Gasteiger partial charge in [-0.25, -0.2) is 15.4 Å². The number of hydrazine groups is 1. The molecule has 31 heavy (non-hydrogen) atoms. The lowest BCUT2D eigenvalue weighted by atomic mass is 10.2. The number of rotatable bonds is 12. The Balaban J connectivity index is 3.04. The van der Waals surface area contributed by atoms with E-state index in [1.165, 1.54) is 0 Å². The standard InChI is InChI=1S/C16H27N7O8/c1-3-4-11(27)23(18)9(6-24)13-21-14(31-22-13)8(5-10(17)26)19-16(30)20-12(7(2)25)15(28)29/h7-9,12,24-25H,3-6,18H2,1-2H3,(H2,17,26)(H,28,29)(H2,19,20,30)/t7?,8-,9-,12-/m0/s1. The zero-order valence-corrected chi connectivity index (χ0v) is 17.0. The van der Waals surface area contributed by atoms with E-state index < -0.39 is 61.1 Å². The zero-order chi connectivity index (χ0) is 23.7. The summed E-state index contributed by atoms with van der Waals surface area (Å²) in [4.78, 5) is 50.6. The molecule has 0 spiro atoms. The number of hydrogen-bond donors (Lipinski definition) is 7. The Morgan fingerprint density at radius 2 is 1.90 bits per heavy atom. The van der Waals surface area contributed by atoms with Crippen molar-refractivity contribution >= 4 is 23.8 Å². The molecule has 15 nitrogen and oxygen atoms in total. The molecule has 0 radical (unpaired) electrons. The minimum absolute atomic E-state index is 0.123. The molecule has 15 heteroatoms. The summed E-state index contributed by atoms with van der Waals surface area (Å²) in [5, 5.41) is 36.7. The lowest BCUT2D eigenvalue weighted by Crippen LogP contribution is -2.52. The Kier molecular flexibility index (Phi) is 9.78. The van der Waals surface area contributed by atoms with Crippen molar-refractivity contribution in [2.45, 2.75) is 57.3 Å². The molecule has 0 saturated carbocycles. The lowest BCUT2D eigenvalue weighted by molar-refractivity contribution is -0.141. The summed E-state index contributed by atoms with van der Waals surface area (Å²) in [6.45, 7) is 2.30. The lowest BCUT2D eigenvalue weighted by Gasteiger charge is -2.23. The Morgan fingerprint density at radius 3 is 2.39 bits per heavy atom. The number of aliphatic carboxylic acids is 1. The predicted octanol–water partition coefficient (Wildman–Crippen LogP) is -2.34. The van der Waals surface area contributed by atoms with Crippen molar-refractivity contribution in [2.24, 2.45) is 11.6 Å². The van der Waals surface area contributed by atoms with Gasteiger partial charge in [-0.2, -0.15) is 4.98 Å². The molecule has 0 aliphatic heterocycles. The molecule has 174 valence electrons. The van der Waals surface area contributed by atoms with E-state index in [2.05, 4.69) is 15.5 Å². The highest BCUT2D eigenvalue weighted by Gasteiger charge is 2.31. The number of aliphatic hydroxyl groups is 2. The normalized spacial score (nSPS) is 14.7. The van der Waals surface area contributed by atoms with Crippen molar-refractivity contribution in [2.75, 3.05) is 6.61 Å². The van der Waals surface area contributed by atoms with Gasteiger partial charge >= 0.3 is 12.0 Å². The molecular formula is C16H27N7O8. The molecule has 0 aromatic carbocycles. The molecule has 4 amide bonds. The molecule has 0 aliphatic rings. The average molecular weight is 445 g/mol. The Labute approximate surface area is 176 Å². The molecule has 1 aromatic rings. The fourth-order valence-corrected chi connectivity index (χ4v) is 2.47. The van der Waals surface area contributed by atoms with Crippen molar-refractivity contribution in [3.05, 3.63) is 11.7 Å². The third kappa shape index (κ3) is 7.47. The smallest absolute Gasteiger partial charge is 0.328 e. The van der Waals surface area contributed by atoms with Crippen LogP contribution in [0.1, 0.15) is 56.9 Å². The van der Waals surface area contributed by atoms with Crippen LogP contribution in [0.5, 0.6) is 0 Å². The molecule has 1 rings (SSSR count). The number of primary amides is 1. The first-order valence-corrected chi connectivity index (χ1v) is 9.29. The van der Waals surface area contributed by atoms with Gasteiger partial charge in [0.2, 0.25) is 17.7 Å². The minimum Gasteiger partial charge on any atom is -0.480 e. The number of amides is 4. The number of carbonyl (C=O) groups is 4. The van der Waals surface area contributed by atoms with Gasteiger partial charge in [-0.15, -0.1) is 0 Å². The second kappa shape index (κ2) is 11.8. The highest BCUT2D eigenvalue weighted by Crippen LogP contribution is 2.20.